The monoisotopic (exact) mass is 420 g/mol. The minimum absolute atomic E-state index is 0.0823. The maximum Gasteiger partial charge on any atom is 0.312 e. The van der Waals surface area contributed by atoms with E-state index in [1.807, 2.05) is 40.9 Å². The zero-order valence-corrected chi connectivity index (χ0v) is 17.7. The van der Waals surface area contributed by atoms with Crippen LogP contribution in [0.25, 0.3) is 5.65 Å². The summed E-state index contributed by atoms with van der Waals surface area (Å²) in [4.78, 5) is 13.7. The van der Waals surface area contributed by atoms with Gasteiger partial charge in [-0.05, 0) is 62.3 Å². The molecule has 3 aromatic rings. The molecule has 8 nitrogen and oxygen atoms in total. The number of carbonyl (C=O) groups excluding carboxylic acids is 1. The first-order valence-corrected chi connectivity index (χ1v) is 11.0. The summed E-state index contributed by atoms with van der Waals surface area (Å²) < 4.78 is 8.47. The molecular formula is C23H28N6O2. The van der Waals surface area contributed by atoms with Gasteiger partial charge in [-0.15, -0.1) is 10.2 Å². The summed E-state index contributed by atoms with van der Waals surface area (Å²) in [6.07, 6.45) is 7.07. The number of piperidine rings is 1. The molecule has 2 amide bonds. The molecule has 2 aromatic heterocycles. The molecule has 0 spiro atoms. The molecule has 31 heavy (non-hydrogen) atoms. The highest BCUT2D eigenvalue weighted by Crippen LogP contribution is 2.39. The lowest BCUT2D eigenvalue weighted by Crippen LogP contribution is -2.38. The van der Waals surface area contributed by atoms with Crippen LogP contribution in [0.2, 0.25) is 0 Å². The van der Waals surface area contributed by atoms with Crippen LogP contribution in [-0.4, -0.2) is 33.2 Å². The van der Waals surface area contributed by atoms with Crippen LogP contribution in [0.1, 0.15) is 62.3 Å². The molecule has 5 rings (SSSR count). The minimum atomic E-state index is -0.503. The maximum absolute atomic E-state index is 11.4. The Morgan fingerprint density at radius 1 is 1.10 bits per heavy atom. The summed E-state index contributed by atoms with van der Waals surface area (Å²) in [5.74, 6) is 1.65. The Kier molecular flexibility index (Phi) is 5.13. The highest BCUT2D eigenvalue weighted by atomic mass is 16.5. The number of ether oxygens (including phenoxy) is 1. The summed E-state index contributed by atoms with van der Waals surface area (Å²) >= 11 is 0. The molecule has 2 aliphatic rings. The van der Waals surface area contributed by atoms with Gasteiger partial charge in [0.2, 0.25) is 5.95 Å². The lowest BCUT2D eigenvalue weighted by Gasteiger charge is -2.33. The number of fused-ring (bicyclic) bond motifs is 2. The number of benzene rings is 1. The van der Waals surface area contributed by atoms with E-state index in [1.165, 1.54) is 19.3 Å². The topological polar surface area (TPSA) is 97.8 Å². The van der Waals surface area contributed by atoms with Gasteiger partial charge in [-0.1, -0.05) is 24.3 Å². The number of primary amides is 1. The number of anilines is 1. The molecule has 1 aliphatic carbocycles. The quantitative estimate of drug-likeness (QED) is 0.670. The fourth-order valence-corrected chi connectivity index (χ4v) is 4.88. The number of rotatable bonds is 4. The number of carbonyl (C=O) groups is 1. The van der Waals surface area contributed by atoms with Crippen molar-refractivity contribution in [1.29, 1.82) is 0 Å². The van der Waals surface area contributed by atoms with Crippen LogP contribution in [-0.2, 0) is 0 Å². The van der Waals surface area contributed by atoms with Crippen molar-refractivity contribution in [1.82, 2.24) is 19.9 Å². The average molecular weight is 421 g/mol. The third-order valence-electron chi connectivity index (χ3n) is 6.45. The molecule has 0 radical (unpaired) electrons. The second kappa shape index (κ2) is 8.09. The smallest absolute Gasteiger partial charge is 0.312 e. The van der Waals surface area contributed by atoms with Crippen molar-refractivity contribution in [3.63, 3.8) is 0 Å². The van der Waals surface area contributed by atoms with Crippen LogP contribution in [0, 0.1) is 0 Å². The Morgan fingerprint density at radius 3 is 2.74 bits per heavy atom. The third kappa shape index (κ3) is 3.78. The number of amides is 2. The van der Waals surface area contributed by atoms with Gasteiger partial charge in [0.1, 0.15) is 11.9 Å². The number of aromatic nitrogens is 3. The van der Waals surface area contributed by atoms with Crippen LogP contribution >= 0.6 is 0 Å². The molecule has 162 valence electrons. The van der Waals surface area contributed by atoms with Gasteiger partial charge in [0, 0.05) is 12.6 Å². The number of nitrogens with one attached hydrogen (secondary N) is 1. The molecule has 0 saturated carbocycles. The highest BCUT2D eigenvalue weighted by molar-refractivity contribution is 5.72. The first-order chi connectivity index (χ1) is 15.1. The SMILES string of the molecule is C[C@H]1CCCCN1c1nnc2ccc(O[C@@H]3CC[C@H](NC(N)=O)c4ccccc43)cn12. The number of pyridine rings is 1. The Bertz CT molecular complexity index is 1100. The van der Waals surface area contributed by atoms with Crippen LogP contribution in [0.3, 0.4) is 0 Å². The average Bonchev–Trinajstić information content (AvgIpc) is 3.18. The second-order valence-corrected chi connectivity index (χ2v) is 8.51. The van der Waals surface area contributed by atoms with Crippen molar-refractivity contribution < 1.29 is 9.53 Å². The Morgan fingerprint density at radius 2 is 1.94 bits per heavy atom. The number of nitrogens with two attached hydrogens (primary N) is 1. The molecule has 1 aromatic carbocycles. The van der Waals surface area contributed by atoms with Crippen molar-refractivity contribution in [2.45, 2.75) is 57.2 Å². The van der Waals surface area contributed by atoms with Gasteiger partial charge in [-0.2, -0.15) is 0 Å². The molecule has 1 fully saturated rings. The number of nitrogens with zero attached hydrogens (tertiary/aromatic N) is 4. The van der Waals surface area contributed by atoms with E-state index in [4.69, 9.17) is 10.5 Å². The van der Waals surface area contributed by atoms with E-state index in [2.05, 4.69) is 33.4 Å². The zero-order valence-electron chi connectivity index (χ0n) is 17.7. The van der Waals surface area contributed by atoms with Crippen molar-refractivity contribution in [2.24, 2.45) is 5.73 Å². The Labute approximate surface area is 181 Å². The molecule has 1 saturated heterocycles. The molecule has 3 atom stereocenters. The third-order valence-corrected chi connectivity index (χ3v) is 6.45. The number of hydrogen-bond donors (Lipinski definition) is 2. The van der Waals surface area contributed by atoms with Gasteiger partial charge in [0.25, 0.3) is 0 Å². The Balaban J connectivity index is 1.43. The van der Waals surface area contributed by atoms with Gasteiger partial charge in [0.05, 0.1) is 12.2 Å². The lowest BCUT2D eigenvalue weighted by atomic mass is 9.85. The first kappa shape index (κ1) is 19.7. The highest BCUT2D eigenvalue weighted by Gasteiger charge is 2.29. The van der Waals surface area contributed by atoms with Gasteiger partial charge in [-0.3, -0.25) is 4.40 Å². The molecule has 0 unspecified atom stereocenters. The van der Waals surface area contributed by atoms with Crippen LogP contribution in [0.5, 0.6) is 5.75 Å². The van der Waals surface area contributed by atoms with Gasteiger partial charge in [-0.25, -0.2) is 4.79 Å². The normalized spacial score (nSPS) is 23.4. The lowest BCUT2D eigenvalue weighted by molar-refractivity contribution is 0.171. The standard InChI is InChI=1S/C23H28N6O2/c1-15-6-4-5-13-28(15)23-27-26-21-12-9-16(14-29(21)23)31-20-11-10-19(25-22(24)30)17-7-2-3-8-18(17)20/h2-3,7-9,12,14-15,19-20H,4-6,10-11,13H2,1H3,(H3,24,25,30)/t15-,19-,20+/m0/s1. The van der Waals surface area contributed by atoms with Crippen LogP contribution in [0.15, 0.2) is 42.6 Å². The van der Waals surface area contributed by atoms with E-state index in [1.54, 1.807) is 0 Å². The van der Waals surface area contributed by atoms with E-state index in [-0.39, 0.29) is 12.1 Å². The van der Waals surface area contributed by atoms with Crippen molar-refractivity contribution in [2.75, 3.05) is 11.4 Å². The van der Waals surface area contributed by atoms with E-state index in [0.29, 0.717) is 6.04 Å². The van der Waals surface area contributed by atoms with E-state index in [9.17, 15) is 4.79 Å². The van der Waals surface area contributed by atoms with Gasteiger partial charge >= 0.3 is 6.03 Å². The fraction of sp³-hybridized carbons (Fsp3) is 0.435. The summed E-state index contributed by atoms with van der Waals surface area (Å²) in [6, 6.07) is 11.8. The number of urea groups is 1. The van der Waals surface area contributed by atoms with E-state index >= 15 is 0 Å². The minimum Gasteiger partial charge on any atom is -0.484 e. The largest absolute Gasteiger partial charge is 0.484 e. The summed E-state index contributed by atoms with van der Waals surface area (Å²) in [6.45, 7) is 3.24. The van der Waals surface area contributed by atoms with Crippen molar-refractivity contribution in [3.8, 4) is 5.75 Å². The summed E-state index contributed by atoms with van der Waals surface area (Å²) in [7, 11) is 0. The predicted octanol–water partition coefficient (Wildman–Crippen LogP) is 3.73. The predicted molar refractivity (Wildman–Crippen MR) is 118 cm³/mol. The fourth-order valence-electron chi connectivity index (χ4n) is 4.88. The van der Waals surface area contributed by atoms with E-state index in [0.717, 1.165) is 47.9 Å². The van der Waals surface area contributed by atoms with Crippen molar-refractivity contribution in [3.05, 3.63) is 53.7 Å². The van der Waals surface area contributed by atoms with Crippen LogP contribution in [0.4, 0.5) is 10.7 Å². The van der Waals surface area contributed by atoms with Crippen molar-refractivity contribution >= 4 is 17.6 Å². The van der Waals surface area contributed by atoms with Gasteiger partial charge < -0.3 is 20.7 Å². The zero-order chi connectivity index (χ0) is 21.4. The van der Waals surface area contributed by atoms with Crippen LogP contribution < -0.4 is 20.7 Å². The van der Waals surface area contributed by atoms with E-state index < -0.39 is 6.03 Å². The Hall–Kier alpha value is -3.29. The molecule has 3 heterocycles. The van der Waals surface area contributed by atoms with Gasteiger partial charge in [0.15, 0.2) is 5.65 Å². The maximum atomic E-state index is 11.4. The molecule has 1 aliphatic heterocycles. The second-order valence-electron chi connectivity index (χ2n) is 8.51. The summed E-state index contributed by atoms with van der Waals surface area (Å²) in [5, 5.41) is 11.7. The molecule has 8 heteroatoms. The number of hydrogen-bond acceptors (Lipinski definition) is 5. The molecule has 0 bridgehead atoms. The molecular weight excluding hydrogens is 392 g/mol. The summed E-state index contributed by atoms with van der Waals surface area (Å²) in [5.41, 5.74) is 8.33. The molecule has 3 N–H and O–H groups in total. The first-order valence-electron chi connectivity index (χ1n) is 11.0.